The van der Waals surface area contributed by atoms with Gasteiger partial charge in [-0.2, -0.15) is 0 Å². The van der Waals surface area contributed by atoms with Crippen molar-refractivity contribution in [3.8, 4) is 0 Å². The van der Waals surface area contributed by atoms with Crippen molar-refractivity contribution < 1.29 is 17.7 Å². The zero-order valence-corrected chi connectivity index (χ0v) is 13.1. The molecule has 1 aliphatic rings. The molecule has 0 aliphatic carbocycles. The maximum absolute atomic E-state index is 11.4. The van der Waals surface area contributed by atoms with Gasteiger partial charge in [0.15, 0.2) is 5.03 Å². The zero-order chi connectivity index (χ0) is 15.3. The molecule has 0 radical (unpaired) electrons. The Labute approximate surface area is 119 Å². The first-order valence-electron chi connectivity index (χ1n) is 6.29. The van der Waals surface area contributed by atoms with Crippen LogP contribution in [0.4, 0.5) is 0 Å². The Morgan fingerprint density at radius 3 is 2.10 bits per heavy atom. The van der Waals surface area contributed by atoms with Crippen molar-refractivity contribution in [2.75, 3.05) is 0 Å². The van der Waals surface area contributed by atoms with E-state index in [1.807, 2.05) is 27.7 Å². The number of nitrogens with two attached hydrogens (primary N) is 1. The summed E-state index contributed by atoms with van der Waals surface area (Å²) in [5, 5.41) is 4.95. The van der Waals surface area contributed by atoms with Gasteiger partial charge in [0.2, 0.25) is 0 Å². The van der Waals surface area contributed by atoms with Crippen LogP contribution in [0, 0.1) is 6.92 Å². The summed E-state index contributed by atoms with van der Waals surface area (Å²) in [7, 11) is -4.49. The fraction of sp³-hybridized carbons (Fsp3) is 0.583. The minimum absolute atomic E-state index is 0.179. The van der Waals surface area contributed by atoms with Crippen LogP contribution >= 0.6 is 0 Å². The molecule has 2 heterocycles. The predicted octanol–water partition coefficient (Wildman–Crippen LogP) is 0.337. The highest BCUT2D eigenvalue weighted by Crippen LogP contribution is 2.36. The van der Waals surface area contributed by atoms with Gasteiger partial charge in [0.1, 0.15) is 0 Å². The molecule has 0 aromatic carbocycles. The summed E-state index contributed by atoms with van der Waals surface area (Å²) in [4.78, 5) is 3.93. The lowest BCUT2D eigenvalue weighted by Crippen LogP contribution is -2.41. The Bertz CT molecular complexity index is 627. The van der Waals surface area contributed by atoms with E-state index < -0.39 is 28.3 Å². The maximum Gasteiger partial charge on any atom is 0.494 e. The number of aryl methyl sites for hydroxylation is 1. The van der Waals surface area contributed by atoms with E-state index >= 15 is 0 Å². The zero-order valence-electron chi connectivity index (χ0n) is 12.3. The molecule has 110 valence electrons. The molecular formula is C12H19BN2O4S. The number of hydrogen-bond acceptors (Lipinski definition) is 5. The number of primary sulfonamides is 1. The summed E-state index contributed by atoms with van der Waals surface area (Å²) >= 11 is 0. The topological polar surface area (TPSA) is 91.5 Å². The minimum atomic E-state index is -3.86. The first-order chi connectivity index (χ1) is 8.92. The van der Waals surface area contributed by atoms with Crippen LogP contribution in [-0.4, -0.2) is 31.7 Å². The molecule has 2 rings (SSSR count). The van der Waals surface area contributed by atoms with Crippen molar-refractivity contribution in [3.63, 3.8) is 0 Å². The molecule has 1 fully saturated rings. The van der Waals surface area contributed by atoms with Crippen molar-refractivity contribution in [2.24, 2.45) is 5.14 Å². The number of rotatable bonds is 2. The summed E-state index contributed by atoms with van der Waals surface area (Å²) in [6, 6.07) is 3.13. The van der Waals surface area contributed by atoms with E-state index in [4.69, 9.17) is 14.4 Å². The minimum Gasteiger partial charge on any atom is -0.399 e. The van der Waals surface area contributed by atoms with Crippen molar-refractivity contribution in [1.82, 2.24) is 4.98 Å². The van der Waals surface area contributed by atoms with Gasteiger partial charge in [-0.15, -0.1) is 0 Å². The van der Waals surface area contributed by atoms with Gasteiger partial charge in [-0.3, -0.25) is 0 Å². The fourth-order valence-corrected chi connectivity index (χ4v) is 2.50. The summed E-state index contributed by atoms with van der Waals surface area (Å²) in [5.74, 6) is 0. The molecule has 0 amide bonds. The first-order valence-corrected chi connectivity index (χ1v) is 7.84. The average Bonchev–Trinajstić information content (AvgIpc) is 2.46. The smallest absolute Gasteiger partial charge is 0.399 e. The molecule has 2 N–H and O–H groups in total. The number of nitrogens with zero attached hydrogens (tertiary/aromatic N) is 1. The lowest BCUT2D eigenvalue weighted by molar-refractivity contribution is 0.00578. The van der Waals surface area contributed by atoms with Crippen LogP contribution in [-0.2, 0) is 19.3 Å². The number of pyridine rings is 1. The van der Waals surface area contributed by atoms with Crippen LogP contribution in [0.1, 0.15) is 33.4 Å². The van der Waals surface area contributed by atoms with Crippen LogP contribution in [0.2, 0.25) is 0 Å². The third-order valence-electron chi connectivity index (χ3n) is 3.77. The molecule has 0 saturated carbocycles. The van der Waals surface area contributed by atoms with Crippen molar-refractivity contribution in [2.45, 2.75) is 50.8 Å². The normalized spacial score (nSPS) is 21.2. The van der Waals surface area contributed by atoms with Gasteiger partial charge in [-0.25, -0.2) is 18.5 Å². The van der Waals surface area contributed by atoms with Crippen LogP contribution in [0.5, 0.6) is 0 Å². The second-order valence-corrected chi connectivity index (χ2v) is 7.52. The fourth-order valence-electron chi connectivity index (χ4n) is 1.92. The molecule has 20 heavy (non-hydrogen) atoms. The maximum atomic E-state index is 11.4. The van der Waals surface area contributed by atoms with Crippen molar-refractivity contribution >= 4 is 22.6 Å². The van der Waals surface area contributed by atoms with E-state index in [9.17, 15) is 8.42 Å². The van der Waals surface area contributed by atoms with Gasteiger partial charge < -0.3 is 9.31 Å². The molecular weight excluding hydrogens is 279 g/mol. The van der Waals surface area contributed by atoms with Crippen molar-refractivity contribution in [1.29, 1.82) is 0 Å². The number of aromatic nitrogens is 1. The van der Waals surface area contributed by atoms with Gasteiger partial charge >= 0.3 is 7.12 Å². The van der Waals surface area contributed by atoms with E-state index in [1.165, 1.54) is 6.07 Å². The van der Waals surface area contributed by atoms with Crippen LogP contribution in [0.25, 0.3) is 0 Å². The standard InChI is InChI=1S/C12H19BN2O4S/c1-8-6-9(7-10(15-8)20(14,16)17)13-18-11(2,3)12(4,5)19-13/h6-7H,1-5H3,(H2,14,16,17). The summed E-state index contributed by atoms with van der Waals surface area (Å²) in [5.41, 5.74) is 0.161. The summed E-state index contributed by atoms with van der Waals surface area (Å²) in [6.45, 7) is 9.43. The largest absolute Gasteiger partial charge is 0.494 e. The Kier molecular flexibility index (Phi) is 3.49. The van der Waals surface area contributed by atoms with E-state index in [-0.39, 0.29) is 5.03 Å². The highest BCUT2D eigenvalue weighted by atomic mass is 32.2. The predicted molar refractivity (Wildman–Crippen MR) is 76.1 cm³/mol. The first kappa shape index (κ1) is 15.4. The Morgan fingerprint density at radius 2 is 1.65 bits per heavy atom. The lowest BCUT2D eigenvalue weighted by Gasteiger charge is -2.32. The summed E-state index contributed by atoms with van der Waals surface area (Å²) < 4.78 is 34.7. The molecule has 1 aliphatic heterocycles. The average molecular weight is 298 g/mol. The van der Waals surface area contributed by atoms with Crippen molar-refractivity contribution in [3.05, 3.63) is 17.8 Å². The monoisotopic (exact) mass is 298 g/mol. The summed E-state index contributed by atoms with van der Waals surface area (Å²) in [6.07, 6.45) is 0. The number of hydrogen-bond donors (Lipinski definition) is 1. The van der Waals surface area contributed by atoms with Gasteiger partial charge in [-0.05, 0) is 52.2 Å². The van der Waals surface area contributed by atoms with Gasteiger partial charge in [0.05, 0.1) is 11.2 Å². The highest BCUT2D eigenvalue weighted by molar-refractivity contribution is 7.89. The van der Waals surface area contributed by atoms with E-state index in [1.54, 1.807) is 13.0 Å². The van der Waals surface area contributed by atoms with Crippen LogP contribution in [0.15, 0.2) is 17.2 Å². The molecule has 6 nitrogen and oxygen atoms in total. The Morgan fingerprint density at radius 1 is 1.15 bits per heavy atom. The molecule has 1 saturated heterocycles. The quantitative estimate of drug-likeness (QED) is 0.795. The van der Waals surface area contributed by atoms with Gasteiger partial charge in [0, 0.05) is 5.69 Å². The molecule has 0 unspecified atom stereocenters. The Balaban J connectivity index is 2.44. The van der Waals surface area contributed by atoms with Crippen LogP contribution in [0.3, 0.4) is 0 Å². The second-order valence-electron chi connectivity index (χ2n) is 6.01. The van der Waals surface area contributed by atoms with E-state index in [2.05, 4.69) is 4.98 Å². The van der Waals surface area contributed by atoms with E-state index in [0.717, 1.165) is 0 Å². The van der Waals surface area contributed by atoms with Gasteiger partial charge in [0.25, 0.3) is 10.0 Å². The third-order valence-corrected chi connectivity index (χ3v) is 4.56. The SMILES string of the molecule is Cc1cc(B2OC(C)(C)C(C)(C)O2)cc(S(N)(=O)=O)n1. The Hall–Kier alpha value is -0.955. The molecule has 8 heteroatoms. The highest BCUT2D eigenvalue weighted by Gasteiger charge is 2.51. The molecule has 1 aromatic rings. The molecule has 0 spiro atoms. The second kappa shape index (κ2) is 4.52. The molecule has 1 aromatic heterocycles. The molecule has 0 bridgehead atoms. The third kappa shape index (κ3) is 2.74. The number of sulfonamides is 1. The van der Waals surface area contributed by atoms with Gasteiger partial charge in [-0.1, -0.05) is 0 Å². The molecule has 0 atom stereocenters. The van der Waals surface area contributed by atoms with Crippen LogP contribution < -0.4 is 10.6 Å². The lowest BCUT2D eigenvalue weighted by atomic mass is 9.79. The van der Waals surface area contributed by atoms with E-state index in [0.29, 0.717) is 11.2 Å².